The third-order valence-electron chi connectivity index (χ3n) is 4.67. The monoisotopic (exact) mass is 226 g/mol. The van der Waals surface area contributed by atoms with E-state index in [9.17, 15) is 5.11 Å². The van der Waals surface area contributed by atoms with E-state index in [1.807, 2.05) is 0 Å². The summed E-state index contributed by atoms with van der Waals surface area (Å²) in [6, 6.07) is 0. The molecule has 0 heterocycles. The molecule has 0 amide bonds. The van der Waals surface area contributed by atoms with Crippen molar-refractivity contribution in [2.24, 2.45) is 16.7 Å². The molecule has 1 heteroatoms. The summed E-state index contributed by atoms with van der Waals surface area (Å²) < 4.78 is 0. The standard InChI is InChI=1S/C15H30O/c1-5-6-9-15(12-16)10-7-13(8-11-15)14(2,3)4/h13,16H,5-12H2,1-4H3. The quantitative estimate of drug-likeness (QED) is 0.753. The third-order valence-corrected chi connectivity index (χ3v) is 4.67. The predicted molar refractivity (Wildman–Crippen MR) is 70.5 cm³/mol. The van der Waals surface area contributed by atoms with Crippen LogP contribution in [0, 0.1) is 16.7 Å². The maximum absolute atomic E-state index is 9.66. The zero-order valence-electron chi connectivity index (χ0n) is 11.7. The van der Waals surface area contributed by atoms with Gasteiger partial charge in [-0.1, -0.05) is 40.5 Å². The Labute approximate surface area is 102 Å². The summed E-state index contributed by atoms with van der Waals surface area (Å²) in [5, 5.41) is 9.66. The van der Waals surface area contributed by atoms with E-state index in [0.29, 0.717) is 12.0 Å². The molecular weight excluding hydrogens is 196 g/mol. The molecule has 1 nitrogen and oxygen atoms in total. The van der Waals surface area contributed by atoms with E-state index in [-0.39, 0.29) is 5.41 Å². The van der Waals surface area contributed by atoms with Crippen LogP contribution < -0.4 is 0 Å². The normalized spacial score (nSPS) is 31.7. The summed E-state index contributed by atoms with van der Waals surface area (Å²) in [6.07, 6.45) is 8.88. The molecule has 1 aliphatic carbocycles. The zero-order valence-corrected chi connectivity index (χ0v) is 11.7. The minimum absolute atomic E-state index is 0.276. The fourth-order valence-corrected chi connectivity index (χ4v) is 3.14. The van der Waals surface area contributed by atoms with Crippen molar-refractivity contribution in [1.29, 1.82) is 0 Å². The van der Waals surface area contributed by atoms with Crippen LogP contribution in [0.15, 0.2) is 0 Å². The van der Waals surface area contributed by atoms with Crippen molar-refractivity contribution in [1.82, 2.24) is 0 Å². The second kappa shape index (κ2) is 5.53. The number of unbranched alkanes of at least 4 members (excludes halogenated alkanes) is 1. The Morgan fingerprint density at radius 1 is 1.19 bits per heavy atom. The van der Waals surface area contributed by atoms with E-state index in [1.165, 1.54) is 44.9 Å². The molecule has 1 saturated carbocycles. The van der Waals surface area contributed by atoms with Crippen LogP contribution in [0.5, 0.6) is 0 Å². The second-order valence-corrected chi connectivity index (χ2v) is 6.90. The Kier molecular flexibility index (Phi) is 4.85. The predicted octanol–water partition coefficient (Wildman–Crippen LogP) is 4.39. The topological polar surface area (TPSA) is 20.2 Å². The number of hydrogen-bond acceptors (Lipinski definition) is 1. The first-order valence-electron chi connectivity index (χ1n) is 7.04. The molecule has 1 fully saturated rings. The van der Waals surface area contributed by atoms with Crippen LogP contribution in [0.2, 0.25) is 0 Å². The summed E-state index contributed by atoms with van der Waals surface area (Å²) in [7, 11) is 0. The van der Waals surface area contributed by atoms with E-state index < -0.39 is 0 Å². The molecule has 1 rings (SSSR count). The molecule has 0 spiro atoms. The fraction of sp³-hybridized carbons (Fsp3) is 1.00. The lowest BCUT2D eigenvalue weighted by molar-refractivity contribution is 0.0288. The van der Waals surface area contributed by atoms with Gasteiger partial charge in [0.25, 0.3) is 0 Å². The van der Waals surface area contributed by atoms with E-state index >= 15 is 0 Å². The lowest BCUT2D eigenvalue weighted by atomic mass is 9.63. The van der Waals surface area contributed by atoms with Crippen molar-refractivity contribution >= 4 is 0 Å². The third kappa shape index (κ3) is 3.48. The number of rotatable bonds is 4. The van der Waals surface area contributed by atoms with Gasteiger partial charge < -0.3 is 5.11 Å². The Bertz CT molecular complexity index is 194. The van der Waals surface area contributed by atoms with E-state index in [1.54, 1.807) is 0 Å². The molecule has 0 aromatic rings. The van der Waals surface area contributed by atoms with Crippen LogP contribution in [-0.4, -0.2) is 11.7 Å². The zero-order chi connectivity index (χ0) is 12.2. The Balaban J connectivity index is 2.50. The minimum Gasteiger partial charge on any atom is -0.396 e. The Morgan fingerprint density at radius 2 is 1.75 bits per heavy atom. The van der Waals surface area contributed by atoms with Gasteiger partial charge in [-0.15, -0.1) is 0 Å². The molecule has 16 heavy (non-hydrogen) atoms. The smallest absolute Gasteiger partial charge is 0.0487 e. The van der Waals surface area contributed by atoms with E-state index in [2.05, 4.69) is 27.7 Å². The molecule has 1 N–H and O–H groups in total. The summed E-state index contributed by atoms with van der Waals surface area (Å²) in [6.45, 7) is 9.72. The highest BCUT2D eigenvalue weighted by Crippen LogP contribution is 2.47. The van der Waals surface area contributed by atoms with Crippen molar-refractivity contribution in [3.63, 3.8) is 0 Å². The highest BCUT2D eigenvalue weighted by atomic mass is 16.3. The molecule has 0 saturated heterocycles. The van der Waals surface area contributed by atoms with Gasteiger partial charge in [0.1, 0.15) is 0 Å². The van der Waals surface area contributed by atoms with Crippen LogP contribution in [0.3, 0.4) is 0 Å². The maximum atomic E-state index is 9.66. The summed E-state index contributed by atoms with van der Waals surface area (Å²) >= 11 is 0. The second-order valence-electron chi connectivity index (χ2n) is 6.90. The van der Waals surface area contributed by atoms with Crippen LogP contribution in [-0.2, 0) is 0 Å². The van der Waals surface area contributed by atoms with Gasteiger partial charge in [-0.25, -0.2) is 0 Å². The van der Waals surface area contributed by atoms with Gasteiger partial charge in [0, 0.05) is 6.61 Å². The minimum atomic E-state index is 0.276. The molecule has 1 aliphatic rings. The molecular formula is C15H30O. The molecule has 0 aliphatic heterocycles. The highest BCUT2D eigenvalue weighted by Gasteiger charge is 2.37. The largest absolute Gasteiger partial charge is 0.396 e. The number of aliphatic hydroxyl groups is 1. The molecule has 0 bridgehead atoms. The van der Waals surface area contributed by atoms with Gasteiger partial charge in [0.15, 0.2) is 0 Å². The summed E-state index contributed by atoms with van der Waals surface area (Å²) in [4.78, 5) is 0. The average molecular weight is 226 g/mol. The SMILES string of the molecule is CCCCC1(CO)CCC(C(C)(C)C)CC1. The van der Waals surface area contributed by atoms with Crippen molar-refractivity contribution in [2.75, 3.05) is 6.61 Å². The van der Waals surface area contributed by atoms with Crippen LogP contribution in [0.1, 0.15) is 72.6 Å². The first-order valence-corrected chi connectivity index (χ1v) is 7.04. The highest BCUT2D eigenvalue weighted by molar-refractivity contribution is 4.88. The van der Waals surface area contributed by atoms with Crippen molar-refractivity contribution in [3.8, 4) is 0 Å². The van der Waals surface area contributed by atoms with E-state index in [4.69, 9.17) is 0 Å². The average Bonchev–Trinajstić information content (AvgIpc) is 2.26. The molecule has 96 valence electrons. The first kappa shape index (κ1) is 14.0. The fourth-order valence-electron chi connectivity index (χ4n) is 3.14. The Hall–Kier alpha value is -0.0400. The van der Waals surface area contributed by atoms with Crippen LogP contribution in [0.25, 0.3) is 0 Å². The van der Waals surface area contributed by atoms with E-state index in [0.717, 1.165) is 5.92 Å². The molecule has 0 aromatic carbocycles. The lowest BCUT2D eigenvalue weighted by Gasteiger charge is -2.43. The summed E-state index contributed by atoms with van der Waals surface area (Å²) in [5.41, 5.74) is 0.726. The van der Waals surface area contributed by atoms with Gasteiger partial charge in [-0.2, -0.15) is 0 Å². The number of hydrogen-bond donors (Lipinski definition) is 1. The molecule has 0 radical (unpaired) electrons. The van der Waals surface area contributed by atoms with Crippen LogP contribution >= 0.6 is 0 Å². The van der Waals surface area contributed by atoms with Gasteiger partial charge in [0.2, 0.25) is 0 Å². The van der Waals surface area contributed by atoms with Gasteiger partial charge in [-0.05, 0) is 48.9 Å². The lowest BCUT2D eigenvalue weighted by Crippen LogP contribution is -2.35. The van der Waals surface area contributed by atoms with Crippen molar-refractivity contribution < 1.29 is 5.11 Å². The molecule has 0 atom stereocenters. The van der Waals surface area contributed by atoms with Gasteiger partial charge >= 0.3 is 0 Å². The maximum Gasteiger partial charge on any atom is 0.0487 e. The Morgan fingerprint density at radius 3 is 2.12 bits per heavy atom. The van der Waals surface area contributed by atoms with Crippen LogP contribution in [0.4, 0.5) is 0 Å². The van der Waals surface area contributed by atoms with Crippen molar-refractivity contribution in [3.05, 3.63) is 0 Å². The van der Waals surface area contributed by atoms with Gasteiger partial charge in [0.05, 0.1) is 0 Å². The van der Waals surface area contributed by atoms with Crippen molar-refractivity contribution in [2.45, 2.75) is 72.6 Å². The first-order chi connectivity index (χ1) is 7.43. The van der Waals surface area contributed by atoms with Gasteiger partial charge in [-0.3, -0.25) is 0 Å². The molecule has 0 unspecified atom stereocenters. The molecule has 0 aromatic heterocycles. The number of aliphatic hydroxyl groups excluding tert-OH is 1. The summed E-state index contributed by atoms with van der Waals surface area (Å²) in [5.74, 6) is 0.855.